The van der Waals surface area contributed by atoms with E-state index in [1.165, 1.54) is 0 Å². The summed E-state index contributed by atoms with van der Waals surface area (Å²) in [5.74, 6) is 0.781. The predicted molar refractivity (Wildman–Crippen MR) is 61.4 cm³/mol. The molecule has 0 bridgehead atoms. The van der Waals surface area contributed by atoms with E-state index >= 15 is 0 Å². The van der Waals surface area contributed by atoms with Gasteiger partial charge in [-0.05, 0) is 12.1 Å². The monoisotopic (exact) mass is 211 g/mol. The summed E-state index contributed by atoms with van der Waals surface area (Å²) < 4.78 is 0. The standard InChI is InChI=1S/C11H9N5/c1-3-12-4-2-9(1)15-11-5-10-8(6-13-11)7-14-16-10/h1-7H,(H,14,16)(H,12,13,15). The highest BCUT2D eigenvalue weighted by Gasteiger charge is 1.99. The topological polar surface area (TPSA) is 66.5 Å². The number of anilines is 2. The molecule has 5 nitrogen and oxygen atoms in total. The molecule has 3 aromatic heterocycles. The van der Waals surface area contributed by atoms with Gasteiger partial charge in [0.15, 0.2) is 0 Å². The summed E-state index contributed by atoms with van der Waals surface area (Å²) in [6.45, 7) is 0. The van der Waals surface area contributed by atoms with Crippen LogP contribution in [0.1, 0.15) is 0 Å². The van der Waals surface area contributed by atoms with Crippen LogP contribution < -0.4 is 5.32 Å². The van der Waals surface area contributed by atoms with Crippen molar-refractivity contribution in [1.82, 2.24) is 20.2 Å². The number of aromatic nitrogens is 4. The average Bonchev–Trinajstić information content (AvgIpc) is 2.77. The molecule has 3 aromatic rings. The van der Waals surface area contributed by atoms with Crippen LogP contribution in [-0.4, -0.2) is 20.2 Å². The summed E-state index contributed by atoms with van der Waals surface area (Å²) in [6.07, 6.45) is 7.00. The van der Waals surface area contributed by atoms with Gasteiger partial charge >= 0.3 is 0 Å². The Morgan fingerprint density at radius 1 is 1.12 bits per heavy atom. The van der Waals surface area contributed by atoms with Crippen molar-refractivity contribution in [3.05, 3.63) is 43.0 Å². The van der Waals surface area contributed by atoms with Crippen molar-refractivity contribution in [1.29, 1.82) is 0 Å². The number of H-pyrrole nitrogens is 1. The lowest BCUT2D eigenvalue weighted by atomic mass is 10.3. The zero-order chi connectivity index (χ0) is 10.8. The first kappa shape index (κ1) is 8.84. The van der Waals surface area contributed by atoms with E-state index in [9.17, 15) is 0 Å². The van der Waals surface area contributed by atoms with Crippen LogP contribution in [0.3, 0.4) is 0 Å². The van der Waals surface area contributed by atoms with Crippen molar-refractivity contribution in [2.75, 3.05) is 5.32 Å². The van der Waals surface area contributed by atoms with Gasteiger partial charge in [0.2, 0.25) is 0 Å². The molecule has 0 atom stereocenters. The van der Waals surface area contributed by atoms with E-state index in [0.29, 0.717) is 0 Å². The Morgan fingerprint density at radius 2 is 2.00 bits per heavy atom. The molecular formula is C11H9N5. The third-order valence-electron chi connectivity index (χ3n) is 2.28. The first-order valence-corrected chi connectivity index (χ1v) is 4.88. The summed E-state index contributed by atoms with van der Waals surface area (Å²) in [6, 6.07) is 5.69. The second kappa shape index (κ2) is 3.62. The van der Waals surface area contributed by atoms with E-state index in [-0.39, 0.29) is 0 Å². The highest BCUT2D eigenvalue weighted by molar-refractivity contribution is 5.80. The Hall–Kier alpha value is -2.43. The van der Waals surface area contributed by atoms with Gasteiger partial charge in [-0.2, -0.15) is 5.10 Å². The number of aromatic amines is 1. The number of fused-ring (bicyclic) bond motifs is 1. The van der Waals surface area contributed by atoms with Crippen LogP contribution in [0.15, 0.2) is 43.0 Å². The Kier molecular flexibility index (Phi) is 2.00. The zero-order valence-corrected chi connectivity index (χ0v) is 8.38. The van der Waals surface area contributed by atoms with E-state index < -0.39 is 0 Å². The van der Waals surface area contributed by atoms with Crippen molar-refractivity contribution < 1.29 is 0 Å². The molecule has 3 rings (SSSR count). The zero-order valence-electron chi connectivity index (χ0n) is 8.38. The Balaban J connectivity index is 1.94. The lowest BCUT2D eigenvalue weighted by Crippen LogP contribution is -1.92. The van der Waals surface area contributed by atoms with Crippen molar-refractivity contribution in [2.45, 2.75) is 0 Å². The number of nitrogens with zero attached hydrogens (tertiary/aromatic N) is 3. The molecule has 0 saturated carbocycles. The molecule has 0 aliphatic rings. The molecule has 0 aliphatic carbocycles. The molecule has 0 fully saturated rings. The third kappa shape index (κ3) is 1.58. The van der Waals surface area contributed by atoms with Crippen LogP contribution >= 0.6 is 0 Å². The predicted octanol–water partition coefficient (Wildman–Crippen LogP) is 2.10. The van der Waals surface area contributed by atoms with Crippen LogP contribution in [0.4, 0.5) is 11.5 Å². The second-order valence-electron chi connectivity index (χ2n) is 3.39. The Labute approximate surface area is 91.6 Å². The first-order chi connectivity index (χ1) is 7.92. The van der Waals surface area contributed by atoms with Gasteiger partial charge in [-0.1, -0.05) is 0 Å². The van der Waals surface area contributed by atoms with Crippen molar-refractivity contribution in [3.63, 3.8) is 0 Å². The molecule has 0 aromatic carbocycles. The first-order valence-electron chi connectivity index (χ1n) is 4.88. The van der Waals surface area contributed by atoms with E-state index in [1.54, 1.807) is 24.8 Å². The van der Waals surface area contributed by atoms with Gasteiger partial charge in [-0.15, -0.1) is 0 Å². The fourth-order valence-corrected chi connectivity index (χ4v) is 1.49. The maximum absolute atomic E-state index is 4.28. The molecule has 0 amide bonds. The highest BCUT2D eigenvalue weighted by Crippen LogP contribution is 2.17. The van der Waals surface area contributed by atoms with E-state index in [2.05, 4.69) is 25.5 Å². The van der Waals surface area contributed by atoms with Crippen LogP contribution in [0.2, 0.25) is 0 Å². The van der Waals surface area contributed by atoms with Gasteiger partial charge < -0.3 is 5.32 Å². The molecule has 0 spiro atoms. The van der Waals surface area contributed by atoms with Gasteiger partial charge in [0.25, 0.3) is 0 Å². The number of nitrogens with one attached hydrogen (secondary N) is 2. The molecule has 0 aliphatic heterocycles. The van der Waals surface area contributed by atoms with E-state index in [4.69, 9.17) is 0 Å². The third-order valence-corrected chi connectivity index (χ3v) is 2.28. The summed E-state index contributed by atoms with van der Waals surface area (Å²) >= 11 is 0. The number of hydrogen-bond acceptors (Lipinski definition) is 4. The molecule has 0 unspecified atom stereocenters. The molecule has 3 heterocycles. The fourth-order valence-electron chi connectivity index (χ4n) is 1.49. The number of pyridine rings is 2. The van der Waals surface area contributed by atoms with Crippen LogP contribution in [0.5, 0.6) is 0 Å². The van der Waals surface area contributed by atoms with Crippen molar-refractivity contribution in [3.8, 4) is 0 Å². The minimum Gasteiger partial charge on any atom is -0.340 e. The molecule has 0 saturated heterocycles. The summed E-state index contributed by atoms with van der Waals surface area (Å²) in [5.41, 5.74) is 1.92. The quantitative estimate of drug-likeness (QED) is 0.681. The molecule has 2 N–H and O–H groups in total. The molecule has 16 heavy (non-hydrogen) atoms. The molecular weight excluding hydrogens is 202 g/mol. The summed E-state index contributed by atoms with van der Waals surface area (Å²) in [5, 5.41) is 11.0. The van der Waals surface area contributed by atoms with Gasteiger partial charge in [0.05, 0.1) is 11.7 Å². The van der Waals surface area contributed by atoms with Crippen molar-refractivity contribution >= 4 is 22.4 Å². The van der Waals surface area contributed by atoms with Crippen LogP contribution in [-0.2, 0) is 0 Å². The Bertz CT molecular complexity index is 602. The lowest BCUT2D eigenvalue weighted by molar-refractivity contribution is 1.12. The van der Waals surface area contributed by atoms with Crippen LogP contribution in [0, 0.1) is 0 Å². The average molecular weight is 211 g/mol. The highest BCUT2D eigenvalue weighted by atomic mass is 15.1. The minimum atomic E-state index is 0.781. The molecule has 5 heteroatoms. The maximum Gasteiger partial charge on any atom is 0.132 e. The Morgan fingerprint density at radius 3 is 2.88 bits per heavy atom. The van der Waals surface area contributed by atoms with Crippen molar-refractivity contribution in [2.24, 2.45) is 0 Å². The molecule has 78 valence electrons. The normalized spacial score (nSPS) is 10.5. The lowest BCUT2D eigenvalue weighted by Gasteiger charge is -2.04. The fraction of sp³-hybridized carbons (Fsp3) is 0. The number of hydrogen-bond donors (Lipinski definition) is 2. The van der Waals surface area contributed by atoms with Gasteiger partial charge in [0, 0.05) is 35.7 Å². The number of rotatable bonds is 2. The van der Waals surface area contributed by atoms with Gasteiger partial charge in [0.1, 0.15) is 5.82 Å². The van der Waals surface area contributed by atoms with E-state index in [0.717, 1.165) is 22.4 Å². The van der Waals surface area contributed by atoms with Gasteiger partial charge in [-0.3, -0.25) is 10.1 Å². The molecule has 0 radical (unpaired) electrons. The summed E-state index contributed by atoms with van der Waals surface area (Å²) in [7, 11) is 0. The SMILES string of the molecule is c1cc(Nc2cc3[nH]ncc3cn2)ccn1. The minimum absolute atomic E-state index is 0.781. The van der Waals surface area contributed by atoms with E-state index in [1.807, 2.05) is 18.2 Å². The smallest absolute Gasteiger partial charge is 0.132 e. The maximum atomic E-state index is 4.28. The summed E-state index contributed by atoms with van der Waals surface area (Å²) in [4.78, 5) is 8.23. The van der Waals surface area contributed by atoms with Crippen LogP contribution in [0.25, 0.3) is 10.9 Å². The largest absolute Gasteiger partial charge is 0.340 e. The van der Waals surface area contributed by atoms with Gasteiger partial charge in [-0.25, -0.2) is 4.98 Å². The second-order valence-corrected chi connectivity index (χ2v) is 3.39.